The highest BCUT2D eigenvalue weighted by Gasteiger charge is 2.28. The molecule has 0 radical (unpaired) electrons. The number of amides is 2. The van der Waals surface area contributed by atoms with Crippen molar-refractivity contribution in [2.75, 3.05) is 13.1 Å². The molecule has 1 fully saturated rings. The van der Waals surface area contributed by atoms with E-state index in [1.807, 2.05) is 6.07 Å². The summed E-state index contributed by atoms with van der Waals surface area (Å²) in [7, 11) is 0. The molecular formula is C19H20FN3O2. The largest absolute Gasteiger partial charge is 0.350 e. The molecule has 1 aliphatic rings. The molecule has 1 atom stereocenters. The fourth-order valence-electron chi connectivity index (χ4n) is 3.10. The lowest BCUT2D eigenvalue weighted by molar-refractivity contribution is -0.129. The summed E-state index contributed by atoms with van der Waals surface area (Å²) in [6.45, 7) is 0.993. The molecule has 0 aliphatic carbocycles. The van der Waals surface area contributed by atoms with Gasteiger partial charge in [0, 0.05) is 37.5 Å². The van der Waals surface area contributed by atoms with Crippen molar-refractivity contribution in [2.24, 2.45) is 0 Å². The van der Waals surface area contributed by atoms with Crippen LogP contribution in [0.3, 0.4) is 0 Å². The first-order valence-electron chi connectivity index (χ1n) is 8.35. The highest BCUT2D eigenvalue weighted by atomic mass is 19.1. The fourth-order valence-corrected chi connectivity index (χ4v) is 3.10. The Bertz CT molecular complexity index is 751. The zero-order valence-corrected chi connectivity index (χ0v) is 13.8. The summed E-state index contributed by atoms with van der Waals surface area (Å²) < 4.78 is 13.5. The van der Waals surface area contributed by atoms with Gasteiger partial charge < -0.3 is 10.2 Å². The Labute approximate surface area is 145 Å². The maximum atomic E-state index is 13.5. The number of benzene rings is 1. The average molecular weight is 341 g/mol. The first-order valence-corrected chi connectivity index (χ1v) is 8.35. The minimum atomic E-state index is -0.301. The van der Waals surface area contributed by atoms with Gasteiger partial charge in [-0.15, -0.1) is 0 Å². The molecule has 3 rings (SSSR count). The molecule has 25 heavy (non-hydrogen) atoms. The second-order valence-electron chi connectivity index (χ2n) is 6.12. The maximum Gasteiger partial charge on any atom is 0.251 e. The summed E-state index contributed by atoms with van der Waals surface area (Å²) in [5, 5.41) is 2.88. The SMILES string of the molecule is O=C(NCC(Cc1cccc(F)c1)N1CCCC1=O)c1ccncc1. The number of nitrogens with one attached hydrogen (secondary N) is 1. The van der Waals surface area contributed by atoms with Crippen molar-refractivity contribution in [1.29, 1.82) is 0 Å². The third-order valence-electron chi connectivity index (χ3n) is 4.35. The molecule has 1 saturated heterocycles. The minimum Gasteiger partial charge on any atom is -0.350 e. The monoisotopic (exact) mass is 341 g/mol. The first-order chi connectivity index (χ1) is 12.1. The maximum absolute atomic E-state index is 13.5. The number of halogens is 1. The lowest BCUT2D eigenvalue weighted by Gasteiger charge is -2.28. The van der Waals surface area contributed by atoms with Gasteiger partial charge in [0.15, 0.2) is 0 Å². The van der Waals surface area contributed by atoms with Crippen molar-refractivity contribution in [1.82, 2.24) is 15.2 Å². The number of hydrogen-bond donors (Lipinski definition) is 1. The van der Waals surface area contributed by atoms with Gasteiger partial charge >= 0.3 is 0 Å². The van der Waals surface area contributed by atoms with E-state index in [1.165, 1.54) is 12.1 Å². The molecule has 1 N–H and O–H groups in total. The highest BCUT2D eigenvalue weighted by Crippen LogP contribution is 2.17. The van der Waals surface area contributed by atoms with E-state index in [-0.39, 0.29) is 23.7 Å². The van der Waals surface area contributed by atoms with E-state index in [2.05, 4.69) is 10.3 Å². The molecule has 0 saturated carbocycles. The van der Waals surface area contributed by atoms with Gasteiger partial charge in [-0.3, -0.25) is 14.6 Å². The number of carbonyl (C=O) groups excluding carboxylic acids is 2. The predicted octanol–water partition coefficient (Wildman–Crippen LogP) is 2.18. The van der Waals surface area contributed by atoms with E-state index in [9.17, 15) is 14.0 Å². The van der Waals surface area contributed by atoms with Crippen molar-refractivity contribution in [3.8, 4) is 0 Å². The zero-order valence-electron chi connectivity index (χ0n) is 13.8. The lowest BCUT2D eigenvalue weighted by Crippen LogP contribution is -2.45. The van der Waals surface area contributed by atoms with E-state index < -0.39 is 0 Å². The number of hydrogen-bond acceptors (Lipinski definition) is 3. The Hall–Kier alpha value is -2.76. The van der Waals surface area contributed by atoms with Crippen LogP contribution in [0.25, 0.3) is 0 Å². The van der Waals surface area contributed by atoms with E-state index >= 15 is 0 Å². The molecule has 6 heteroatoms. The Balaban J connectivity index is 1.70. The van der Waals surface area contributed by atoms with Gasteiger partial charge in [0.25, 0.3) is 5.91 Å². The second-order valence-corrected chi connectivity index (χ2v) is 6.12. The molecule has 0 bridgehead atoms. The van der Waals surface area contributed by atoms with Crippen molar-refractivity contribution < 1.29 is 14.0 Å². The van der Waals surface area contributed by atoms with Gasteiger partial charge in [-0.05, 0) is 42.7 Å². The number of likely N-dealkylation sites (tertiary alicyclic amines) is 1. The molecule has 2 heterocycles. The molecule has 1 aliphatic heterocycles. The third kappa shape index (κ3) is 4.41. The normalized spacial score (nSPS) is 15.2. The molecular weight excluding hydrogens is 321 g/mol. The molecule has 2 amide bonds. The molecule has 130 valence electrons. The summed E-state index contributed by atoms with van der Waals surface area (Å²) in [6, 6.07) is 9.44. The Morgan fingerprint density at radius 3 is 2.76 bits per heavy atom. The quantitative estimate of drug-likeness (QED) is 0.876. The van der Waals surface area contributed by atoms with Crippen LogP contribution in [0.4, 0.5) is 4.39 Å². The van der Waals surface area contributed by atoms with Gasteiger partial charge in [-0.25, -0.2) is 4.39 Å². The van der Waals surface area contributed by atoms with Crippen LogP contribution >= 0.6 is 0 Å². The second kappa shape index (κ2) is 7.88. The van der Waals surface area contributed by atoms with E-state index in [0.717, 1.165) is 12.0 Å². The van der Waals surface area contributed by atoms with E-state index in [4.69, 9.17) is 0 Å². The van der Waals surface area contributed by atoms with Crippen LogP contribution in [0, 0.1) is 5.82 Å². The molecule has 5 nitrogen and oxygen atoms in total. The third-order valence-corrected chi connectivity index (χ3v) is 4.35. The van der Waals surface area contributed by atoms with Crippen LogP contribution in [0.5, 0.6) is 0 Å². The topological polar surface area (TPSA) is 62.3 Å². The zero-order chi connectivity index (χ0) is 17.6. The minimum absolute atomic E-state index is 0.0829. The van der Waals surface area contributed by atoms with Crippen LogP contribution in [-0.2, 0) is 11.2 Å². The van der Waals surface area contributed by atoms with Crippen molar-refractivity contribution >= 4 is 11.8 Å². The van der Waals surface area contributed by atoms with Crippen LogP contribution < -0.4 is 5.32 Å². The summed E-state index contributed by atoms with van der Waals surface area (Å²) in [4.78, 5) is 30.0. The van der Waals surface area contributed by atoms with Crippen molar-refractivity contribution in [3.63, 3.8) is 0 Å². The van der Waals surface area contributed by atoms with Crippen LogP contribution in [0.2, 0.25) is 0 Å². The molecule has 1 unspecified atom stereocenters. The van der Waals surface area contributed by atoms with Gasteiger partial charge in [0.05, 0.1) is 6.04 Å². The van der Waals surface area contributed by atoms with Gasteiger partial charge in [0.2, 0.25) is 5.91 Å². The Morgan fingerprint density at radius 2 is 2.08 bits per heavy atom. The molecule has 1 aromatic heterocycles. The summed E-state index contributed by atoms with van der Waals surface area (Å²) in [6.07, 6.45) is 4.96. The van der Waals surface area contributed by atoms with Crippen LogP contribution in [0.15, 0.2) is 48.8 Å². The molecule has 0 spiro atoms. The van der Waals surface area contributed by atoms with Crippen LogP contribution in [-0.4, -0.2) is 40.8 Å². The summed E-state index contributed by atoms with van der Waals surface area (Å²) >= 11 is 0. The van der Waals surface area contributed by atoms with Gasteiger partial charge in [-0.2, -0.15) is 0 Å². The molecule has 1 aromatic carbocycles. The Kier molecular flexibility index (Phi) is 5.38. The highest BCUT2D eigenvalue weighted by molar-refractivity contribution is 5.94. The van der Waals surface area contributed by atoms with Gasteiger partial charge in [-0.1, -0.05) is 12.1 Å². The average Bonchev–Trinajstić information content (AvgIpc) is 3.05. The number of nitrogens with zero attached hydrogens (tertiary/aromatic N) is 2. The Morgan fingerprint density at radius 1 is 1.28 bits per heavy atom. The van der Waals surface area contributed by atoms with Crippen LogP contribution in [0.1, 0.15) is 28.8 Å². The summed E-state index contributed by atoms with van der Waals surface area (Å²) in [5.41, 5.74) is 1.33. The smallest absolute Gasteiger partial charge is 0.251 e. The van der Waals surface area contributed by atoms with Crippen molar-refractivity contribution in [3.05, 3.63) is 65.7 Å². The molecule has 2 aromatic rings. The van der Waals surface area contributed by atoms with Crippen molar-refractivity contribution in [2.45, 2.75) is 25.3 Å². The van der Waals surface area contributed by atoms with Gasteiger partial charge in [0.1, 0.15) is 5.82 Å². The number of pyridine rings is 1. The number of aromatic nitrogens is 1. The fraction of sp³-hybridized carbons (Fsp3) is 0.316. The predicted molar refractivity (Wildman–Crippen MR) is 91.4 cm³/mol. The summed E-state index contributed by atoms with van der Waals surface area (Å²) in [5.74, 6) is -0.428. The van der Waals surface area contributed by atoms with E-state index in [0.29, 0.717) is 31.5 Å². The number of carbonyl (C=O) groups is 2. The lowest BCUT2D eigenvalue weighted by atomic mass is 10.0. The standard InChI is InChI=1S/C19H20FN3O2/c20-16-4-1-3-14(11-16)12-17(23-10-2-5-18(23)24)13-22-19(25)15-6-8-21-9-7-15/h1,3-4,6-9,11,17H,2,5,10,12-13H2,(H,22,25). The van der Waals surface area contributed by atoms with E-state index in [1.54, 1.807) is 35.5 Å². The number of rotatable bonds is 6. The first kappa shape index (κ1) is 17.1.